The van der Waals surface area contributed by atoms with Gasteiger partial charge < -0.3 is 9.84 Å². The Balaban J connectivity index is 2.44. The average molecular weight is 238 g/mol. The molecule has 0 radical (unpaired) electrons. The summed E-state index contributed by atoms with van der Waals surface area (Å²) in [4.78, 5) is 10.8. The first-order valence-electron chi connectivity index (χ1n) is 5.55. The van der Waals surface area contributed by atoms with E-state index in [1.54, 1.807) is 19.1 Å². The van der Waals surface area contributed by atoms with Crippen LogP contribution in [0.3, 0.4) is 0 Å². The van der Waals surface area contributed by atoms with Gasteiger partial charge >= 0.3 is 5.97 Å². The van der Waals surface area contributed by atoms with E-state index in [0.29, 0.717) is 16.9 Å². The van der Waals surface area contributed by atoms with Crippen molar-refractivity contribution in [1.82, 2.24) is 0 Å². The summed E-state index contributed by atoms with van der Waals surface area (Å²) < 4.78 is 19.2. The first kappa shape index (κ1) is 11.9. The molecule has 1 fully saturated rings. The van der Waals surface area contributed by atoms with Crippen molar-refractivity contribution in [3.8, 4) is 5.75 Å². The summed E-state index contributed by atoms with van der Waals surface area (Å²) in [6, 6.07) is 3.24. The summed E-state index contributed by atoms with van der Waals surface area (Å²) >= 11 is 0. The molecule has 2 rings (SSSR count). The Morgan fingerprint density at radius 3 is 2.65 bits per heavy atom. The summed E-state index contributed by atoms with van der Waals surface area (Å²) in [5.41, 5.74) is 0.461. The molecular formula is C13H15FO3. The van der Waals surface area contributed by atoms with E-state index in [-0.39, 0.29) is 12.2 Å². The van der Waals surface area contributed by atoms with Crippen molar-refractivity contribution in [2.75, 3.05) is 7.11 Å². The summed E-state index contributed by atoms with van der Waals surface area (Å²) in [5, 5.41) is 8.88. The van der Waals surface area contributed by atoms with E-state index in [2.05, 4.69) is 0 Å². The molecule has 0 atom stereocenters. The topological polar surface area (TPSA) is 46.5 Å². The Bertz CT molecular complexity index is 464. The molecule has 0 spiro atoms. The van der Waals surface area contributed by atoms with Crippen LogP contribution in [0.25, 0.3) is 0 Å². The van der Waals surface area contributed by atoms with Crippen molar-refractivity contribution in [3.05, 3.63) is 29.1 Å². The highest BCUT2D eigenvalue weighted by Gasteiger charge is 2.48. The van der Waals surface area contributed by atoms with Gasteiger partial charge in [-0.2, -0.15) is 0 Å². The number of hydrogen-bond donors (Lipinski definition) is 1. The second kappa shape index (κ2) is 4.02. The van der Waals surface area contributed by atoms with Crippen LogP contribution in [-0.2, 0) is 10.2 Å². The summed E-state index contributed by atoms with van der Waals surface area (Å²) in [7, 11) is 1.52. The molecule has 0 saturated heterocycles. The van der Waals surface area contributed by atoms with E-state index in [1.807, 2.05) is 0 Å². The Morgan fingerprint density at radius 1 is 1.53 bits per heavy atom. The maximum absolute atomic E-state index is 14.1. The molecule has 1 aromatic rings. The molecule has 1 aliphatic carbocycles. The van der Waals surface area contributed by atoms with E-state index in [9.17, 15) is 9.18 Å². The van der Waals surface area contributed by atoms with Crippen LogP contribution in [0.15, 0.2) is 12.1 Å². The van der Waals surface area contributed by atoms with E-state index in [0.717, 1.165) is 12.8 Å². The number of carboxylic acid groups (broad SMARTS) is 1. The zero-order chi connectivity index (χ0) is 12.6. The van der Waals surface area contributed by atoms with Crippen LogP contribution in [0.4, 0.5) is 4.39 Å². The molecule has 0 amide bonds. The van der Waals surface area contributed by atoms with Crippen LogP contribution in [0.1, 0.15) is 30.4 Å². The van der Waals surface area contributed by atoms with Crippen molar-refractivity contribution in [2.45, 2.75) is 31.6 Å². The Kier molecular flexibility index (Phi) is 2.81. The number of aryl methyl sites for hydroxylation is 1. The van der Waals surface area contributed by atoms with Crippen LogP contribution in [0, 0.1) is 12.7 Å². The third kappa shape index (κ3) is 2.12. The lowest BCUT2D eigenvalue weighted by Gasteiger charge is -2.16. The van der Waals surface area contributed by atoms with Gasteiger partial charge in [-0.15, -0.1) is 0 Å². The maximum Gasteiger partial charge on any atom is 0.304 e. The smallest absolute Gasteiger partial charge is 0.304 e. The highest BCUT2D eigenvalue weighted by atomic mass is 19.1. The van der Waals surface area contributed by atoms with Gasteiger partial charge in [-0.05, 0) is 43.0 Å². The molecule has 92 valence electrons. The van der Waals surface area contributed by atoms with Crippen molar-refractivity contribution in [2.24, 2.45) is 0 Å². The third-order valence-electron chi connectivity index (χ3n) is 3.38. The van der Waals surface area contributed by atoms with E-state index >= 15 is 0 Å². The van der Waals surface area contributed by atoms with Gasteiger partial charge in [-0.1, -0.05) is 0 Å². The highest BCUT2D eigenvalue weighted by molar-refractivity contribution is 5.70. The zero-order valence-electron chi connectivity index (χ0n) is 9.92. The molecule has 17 heavy (non-hydrogen) atoms. The minimum absolute atomic E-state index is 0.0173. The first-order valence-corrected chi connectivity index (χ1v) is 5.55. The Morgan fingerprint density at radius 2 is 2.18 bits per heavy atom. The van der Waals surface area contributed by atoms with Crippen LogP contribution < -0.4 is 4.74 Å². The molecule has 1 aliphatic rings. The number of benzene rings is 1. The van der Waals surface area contributed by atoms with Gasteiger partial charge in [0, 0.05) is 5.41 Å². The number of hydrogen-bond acceptors (Lipinski definition) is 2. The molecule has 0 heterocycles. The maximum atomic E-state index is 14.1. The van der Waals surface area contributed by atoms with Gasteiger partial charge in [0.2, 0.25) is 0 Å². The van der Waals surface area contributed by atoms with Gasteiger partial charge in [0.05, 0.1) is 13.5 Å². The molecule has 0 bridgehead atoms. The quantitative estimate of drug-likeness (QED) is 0.877. The van der Waals surface area contributed by atoms with E-state index in [1.165, 1.54) is 7.11 Å². The first-order chi connectivity index (χ1) is 7.98. The van der Waals surface area contributed by atoms with Gasteiger partial charge in [0.25, 0.3) is 0 Å². The lowest BCUT2D eigenvalue weighted by molar-refractivity contribution is -0.137. The monoisotopic (exact) mass is 238 g/mol. The molecular weight excluding hydrogens is 223 g/mol. The number of methoxy groups -OCH3 is 1. The van der Waals surface area contributed by atoms with Crippen molar-refractivity contribution in [3.63, 3.8) is 0 Å². The minimum Gasteiger partial charge on any atom is -0.497 e. The number of aliphatic carboxylic acids is 1. The predicted molar refractivity (Wildman–Crippen MR) is 60.9 cm³/mol. The average Bonchev–Trinajstić information content (AvgIpc) is 3.01. The lowest BCUT2D eigenvalue weighted by Crippen LogP contribution is -2.15. The van der Waals surface area contributed by atoms with Crippen LogP contribution in [0.5, 0.6) is 5.75 Å². The number of ether oxygens (including phenoxy) is 1. The standard InChI is InChI=1S/C13H15FO3/c1-8-5-9(17-2)6-10(12(8)14)13(3-4-13)7-11(15)16/h5-6H,3-4,7H2,1-2H3,(H,15,16). The molecule has 0 aliphatic heterocycles. The number of carboxylic acids is 1. The summed E-state index contributed by atoms with van der Waals surface area (Å²) in [5.74, 6) is -0.609. The van der Waals surface area contributed by atoms with Crippen LogP contribution in [-0.4, -0.2) is 18.2 Å². The van der Waals surface area contributed by atoms with Crippen molar-refractivity contribution < 1.29 is 19.0 Å². The Hall–Kier alpha value is -1.58. The van der Waals surface area contributed by atoms with E-state index in [4.69, 9.17) is 9.84 Å². The van der Waals surface area contributed by atoms with Crippen molar-refractivity contribution >= 4 is 5.97 Å². The van der Waals surface area contributed by atoms with Crippen LogP contribution >= 0.6 is 0 Å². The largest absolute Gasteiger partial charge is 0.497 e. The lowest BCUT2D eigenvalue weighted by atomic mass is 9.90. The van der Waals surface area contributed by atoms with Gasteiger partial charge in [0.1, 0.15) is 11.6 Å². The molecule has 1 saturated carbocycles. The fourth-order valence-electron chi connectivity index (χ4n) is 2.22. The van der Waals surface area contributed by atoms with Gasteiger partial charge in [-0.25, -0.2) is 4.39 Å². The second-order valence-electron chi connectivity index (χ2n) is 4.66. The third-order valence-corrected chi connectivity index (χ3v) is 3.38. The molecule has 1 N–H and O–H groups in total. The Labute approximate surface area is 99.2 Å². The van der Waals surface area contributed by atoms with Crippen molar-refractivity contribution in [1.29, 1.82) is 0 Å². The molecule has 1 aromatic carbocycles. The fourth-order valence-corrected chi connectivity index (χ4v) is 2.22. The second-order valence-corrected chi connectivity index (χ2v) is 4.66. The fraction of sp³-hybridized carbons (Fsp3) is 0.462. The summed E-state index contributed by atoms with van der Waals surface area (Å²) in [6.45, 7) is 1.66. The zero-order valence-corrected chi connectivity index (χ0v) is 9.92. The summed E-state index contributed by atoms with van der Waals surface area (Å²) in [6.07, 6.45) is 1.43. The molecule has 0 aromatic heterocycles. The van der Waals surface area contributed by atoms with Gasteiger partial charge in [-0.3, -0.25) is 4.79 Å². The number of halogens is 1. The van der Waals surface area contributed by atoms with E-state index < -0.39 is 11.4 Å². The predicted octanol–water partition coefficient (Wildman–Crippen LogP) is 2.65. The molecule has 4 heteroatoms. The van der Waals surface area contributed by atoms with Crippen LogP contribution in [0.2, 0.25) is 0 Å². The normalized spacial score (nSPS) is 16.6. The number of rotatable bonds is 4. The minimum atomic E-state index is -0.887. The number of carbonyl (C=O) groups is 1. The molecule has 0 unspecified atom stereocenters. The highest BCUT2D eigenvalue weighted by Crippen LogP contribution is 2.52. The SMILES string of the molecule is COc1cc(C)c(F)c(C2(CC(=O)O)CC2)c1. The molecule has 3 nitrogen and oxygen atoms in total. The van der Waals surface area contributed by atoms with Gasteiger partial charge in [0.15, 0.2) is 0 Å².